The molecule has 0 radical (unpaired) electrons. The molecule has 0 aliphatic heterocycles. The Bertz CT molecular complexity index is 576. The zero-order valence-electron chi connectivity index (χ0n) is 11.1. The lowest BCUT2D eigenvalue weighted by Gasteiger charge is -2.11. The van der Waals surface area contributed by atoms with Crippen molar-refractivity contribution in [3.8, 4) is 5.75 Å². The highest BCUT2D eigenvalue weighted by Crippen LogP contribution is 2.41. The largest absolute Gasteiger partial charge is 0.489 e. The van der Waals surface area contributed by atoms with E-state index in [1.54, 1.807) is 0 Å². The molecule has 0 heterocycles. The van der Waals surface area contributed by atoms with Gasteiger partial charge in [0.2, 0.25) is 0 Å². The van der Waals surface area contributed by atoms with Crippen LogP contribution in [0.5, 0.6) is 5.75 Å². The summed E-state index contributed by atoms with van der Waals surface area (Å²) in [6.07, 6.45) is 1.94. The van der Waals surface area contributed by atoms with Crippen molar-refractivity contribution >= 4 is 11.6 Å². The Morgan fingerprint density at radius 2 is 1.80 bits per heavy atom. The molecule has 2 aromatic carbocycles. The molecule has 1 fully saturated rings. The maximum atomic E-state index is 10.0. The van der Waals surface area contributed by atoms with Gasteiger partial charge in [0.15, 0.2) is 0 Å². The molecule has 1 saturated carbocycles. The Morgan fingerprint density at radius 1 is 1.10 bits per heavy atom. The number of hydrogen-bond donors (Lipinski definition) is 1. The molecule has 104 valence electrons. The fourth-order valence-electron chi connectivity index (χ4n) is 2.22. The van der Waals surface area contributed by atoms with Crippen molar-refractivity contribution in [3.05, 3.63) is 64.7 Å². The van der Waals surface area contributed by atoms with E-state index in [0.29, 0.717) is 17.5 Å². The Morgan fingerprint density at radius 3 is 2.45 bits per heavy atom. The second-order valence-corrected chi connectivity index (χ2v) is 5.64. The SMILES string of the molecule is OC(c1ccc(OCc2ccccc2Cl)cc1)C1CC1. The molecule has 20 heavy (non-hydrogen) atoms. The van der Waals surface area contributed by atoms with Gasteiger partial charge in [-0.2, -0.15) is 0 Å². The molecule has 1 aliphatic carbocycles. The maximum absolute atomic E-state index is 10.0. The van der Waals surface area contributed by atoms with E-state index in [-0.39, 0.29) is 6.10 Å². The highest BCUT2D eigenvalue weighted by atomic mass is 35.5. The van der Waals surface area contributed by atoms with Gasteiger partial charge in [-0.1, -0.05) is 41.9 Å². The van der Waals surface area contributed by atoms with Gasteiger partial charge in [-0.05, 0) is 42.5 Å². The van der Waals surface area contributed by atoms with E-state index in [1.165, 1.54) is 0 Å². The van der Waals surface area contributed by atoms with Crippen molar-refractivity contribution < 1.29 is 9.84 Å². The van der Waals surface area contributed by atoms with Crippen molar-refractivity contribution in [3.63, 3.8) is 0 Å². The second-order valence-electron chi connectivity index (χ2n) is 5.23. The highest BCUT2D eigenvalue weighted by molar-refractivity contribution is 6.31. The van der Waals surface area contributed by atoms with Gasteiger partial charge in [0, 0.05) is 10.6 Å². The molecule has 1 unspecified atom stereocenters. The van der Waals surface area contributed by atoms with Crippen LogP contribution in [0.1, 0.15) is 30.1 Å². The van der Waals surface area contributed by atoms with Gasteiger partial charge in [-0.15, -0.1) is 0 Å². The smallest absolute Gasteiger partial charge is 0.119 e. The average molecular weight is 289 g/mol. The predicted molar refractivity (Wildman–Crippen MR) is 79.9 cm³/mol. The first-order valence-corrected chi connectivity index (χ1v) is 7.26. The number of ether oxygens (including phenoxy) is 1. The van der Waals surface area contributed by atoms with E-state index in [2.05, 4.69) is 0 Å². The second kappa shape index (κ2) is 5.86. The number of aliphatic hydroxyl groups is 1. The summed E-state index contributed by atoms with van der Waals surface area (Å²) in [4.78, 5) is 0. The molecule has 2 aromatic rings. The van der Waals surface area contributed by atoms with Crippen molar-refractivity contribution in [1.29, 1.82) is 0 Å². The van der Waals surface area contributed by atoms with E-state index in [4.69, 9.17) is 16.3 Å². The van der Waals surface area contributed by atoms with Crippen molar-refractivity contribution in [2.45, 2.75) is 25.6 Å². The Labute approximate surface area is 124 Å². The Balaban J connectivity index is 1.62. The van der Waals surface area contributed by atoms with Gasteiger partial charge in [0.25, 0.3) is 0 Å². The van der Waals surface area contributed by atoms with Gasteiger partial charge in [0.1, 0.15) is 12.4 Å². The molecule has 2 nitrogen and oxygen atoms in total. The minimum absolute atomic E-state index is 0.326. The van der Waals surface area contributed by atoms with Gasteiger partial charge in [-0.25, -0.2) is 0 Å². The van der Waals surface area contributed by atoms with Crippen LogP contribution in [0.25, 0.3) is 0 Å². The van der Waals surface area contributed by atoms with Crippen LogP contribution < -0.4 is 4.74 Å². The Hall–Kier alpha value is -1.51. The van der Waals surface area contributed by atoms with E-state index in [1.807, 2.05) is 48.5 Å². The topological polar surface area (TPSA) is 29.5 Å². The summed E-state index contributed by atoms with van der Waals surface area (Å²) in [5.74, 6) is 1.24. The molecule has 0 aromatic heterocycles. The number of aliphatic hydroxyl groups excluding tert-OH is 1. The van der Waals surface area contributed by atoms with Gasteiger partial charge in [0.05, 0.1) is 6.10 Å². The highest BCUT2D eigenvalue weighted by Gasteiger charge is 2.30. The van der Waals surface area contributed by atoms with Crippen LogP contribution in [0.15, 0.2) is 48.5 Å². The van der Waals surface area contributed by atoms with Crippen LogP contribution in [0.4, 0.5) is 0 Å². The summed E-state index contributed by atoms with van der Waals surface area (Å²) >= 11 is 6.09. The summed E-state index contributed by atoms with van der Waals surface area (Å²) in [7, 11) is 0. The minimum atomic E-state index is -0.326. The van der Waals surface area contributed by atoms with Crippen LogP contribution in [0, 0.1) is 5.92 Å². The molecule has 0 spiro atoms. The quantitative estimate of drug-likeness (QED) is 0.885. The number of halogens is 1. The molecule has 3 heteroatoms. The first-order chi connectivity index (χ1) is 9.74. The van der Waals surface area contributed by atoms with Crippen LogP contribution in [-0.2, 0) is 6.61 Å². The third-order valence-electron chi connectivity index (χ3n) is 3.64. The summed E-state index contributed by atoms with van der Waals surface area (Å²) in [5, 5.41) is 10.8. The normalized spacial score (nSPS) is 15.9. The molecular weight excluding hydrogens is 272 g/mol. The molecule has 1 atom stereocenters. The van der Waals surface area contributed by atoms with Gasteiger partial charge < -0.3 is 9.84 Å². The zero-order valence-corrected chi connectivity index (χ0v) is 11.9. The van der Waals surface area contributed by atoms with Crippen LogP contribution in [0.2, 0.25) is 5.02 Å². The van der Waals surface area contributed by atoms with Crippen molar-refractivity contribution in [2.24, 2.45) is 5.92 Å². The molecule has 0 amide bonds. The fraction of sp³-hybridized carbons (Fsp3) is 0.294. The third-order valence-corrected chi connectivity index (χ3v) is 4.01. The van der Waals surface area contributed by atoms with E-state index >= 15 is 0 Å². The third kappa shape index (κ3) is 3.14. The summed E-state index contributed by atoms with van der Waals surface area (Å²) in [5.41, 5.74) is 1.94. The Kier molecular flexibility index (Phi) is 3.95. The fourth-order valence-corrected chi connectivity index (χ4v) is 2.41. The number of rotatable bonds is 5. The van der Waals surface area contributed by atoms with Crippen LogP contribution in [0.3, 0.4) is 0 Å². The van der Waals surface area contributed by atoms with Crippen LogP contribution >= 0.6 is 11.6 Å². The maximum Gasteiger partial charge on any atom is 0.119 e. The van der Waals surface area contributed by atoms with E-state index in [9.17, 15) is 5.11 Å². The monoisotopic (exact) mass is 288 g/mol. The molecule has 0 bridgehead atoms. The summed E-state index contributed by atoms with van der Waals surface area (Å²) < 4.78 is 5.72. The summed E-state index contributed by atoms with van der Waals surface area (Å²) in [6.45, 7) is 0.449. The van der Waals surface area contributed by atoms with E-state index < -0.39 is 0 Å². The van der Waals surface area contributed by atoms with Crippen LogP contribution in [-0.4, -0.2) is 5.11 Å². The zero-order chi connectivity index (χ0) is 13.9. The molecule has 3 rings (SSSR count). The van der Waals surface area contributed by atoms with Crippen molar-refractivity contribution in [1.82, 2.24) is 0 Å². The summed E-state index contributed by atoms with van der Waals surface area (Å²) in [6, 6.07) is 15.3. The first kappa shape index (κ1) is 13.5. The molecule has 1 aliphatic rings. The van der Waals surface area contributed by atoms with Gasteiger partial charge >= 0.3 is 0 Å². The molecule has 1 N–H and O–H groups in total. The number of benzene rings is 2. The lowest BCUT2D eigenvalue weighted by atomic mass is 10.1. The molecule has 0 saturated heterocycles. The predicted octanol–water partition coefficient (Wildman–Crippen LogP) is 4.36. The average Bonchev–Trinajstić information content (AvgIpc) is 3.31. The number of hydrogen-bond acceptors (Lipinski definition) is 2. The molecular formula is C17H17ClO2. The van der Waals surface area contributed by atoms with Gasteiger partial charge in [-0.3, -0.25) is 0 Å². The van der Waals surface area contributed by atoms with Crippen molar-refractivity contribution in [2.75, 3.05) is 0 Å². The minimum Gasteiger partial charge on any atom is -0.489 e. The first-order valence-electron chi connectivity index (χ1n) is 6.88. The lowest BCUT2D eigenvalue weighted by Crippen LogP contribution is -2.00. The van der Waals surface area contributed by atoms with E-state index in [0.717, 1.165) is 29.7 Å². The standard InChI is InChI=1S/C17H17ClO2/c18-16-4-2-1-3-14(16)11-20-15-9-7-13(8-10-15)17(19)12-5-6-12/h1-4,7-10,12,17,19H,5-6,11H2. The lowest BCUT2D eigenvalue weighted by molar-refractivity contribution is 0.153.